The monoisotopic (exact) mass is 370 g/mol. The molecule has 0 unspecified atom stereocenters. The molecule has 26 heavy (non-hydrogen) atoms. The standard InChI is InChI=1S/C18H12ClFN4O2/c19-10-2-1-3-12(6-10)22-15(25)8-24-9-21-16-13-7-11(20)4-5-14(13)23-17(16)18(24)26/h1-7,9,23H,8H2,(H,22,25). The Bertz CT molecular complexity index is 1210. The Labute approximate surface area is 151 Å². The number of benzene rings is 2. The van der Waals surface area contributed by atoms with Gasteiger partial charge in [-0.3, -0.25) is 14.2 Å². The van der Waals surface area contributed by atoms with E-state index < -0.39 is 17.3 Å². The number of H-pyrrole nitrogens is 1. The van der Waals surface area contributed by atoms with Gasteiger partial charge >= 0.3 is 0 Å². The van der Waals surface area contributed by atoms with E-state index in [2.05, 4.69) is 15.3 Å². The van der Waals surface area contributed by atoms with Gasteiger partial charge in [0.15, 0.2) is 0 Å². The van der Waals surface area contributed by atoms with Gasteiger partial charge in [0.2, 0.25) is 5.91 Å². The Morgan fingerprint density at radius 2 is 2.12 bits per heavy atom. The molecule has 4 rings (SSSR count). The summed E-state index contributed by atoms with van der Waals surface area (Å²) in [5, 5.41) is 3.68. The van der Waals surface area contributed by atoms with Crippen molar-refractivity contribution in [1.29, 1.82) is 0 Å². The molecule has 2 N–H and O–H groups in total. The lowest BCUT2D eigenvalue weighted by atomic mass is 10.2. The summed E-state index contributed by atoms with van der Waals surface area (Å²) in [7, 11) is 0. The average molecular weight is 371 g/mol. The number of aromatic amines is 1. The van der Waals surface area contributed by atoms with Crippen LogP contribution in [0.4, 0.5) is 10.1 Å². The minimum absolute atomic E-state index is 0.210. The summed E-state index contributed by atoms with van der Waals surface area (Å²) in [6.45, 7) is -0.210. The van der Waals surface area contributed by atoms with Gasteiger partial charge in [-0.25, -0.2) is 9.37 Å². The summed E-state index contributed by atoms with van der Waals surface area (Å²) >= 11 is 5.88. The Kier molecular flexibility index (Phi) is 3.93. The maximum Gasteiger partial charge on any atom is 0.278 e. The van der Waals surface area contributed by atoms with Gasteiger partial charge in [0, 0.05) is 21.6 Å². The maximum absolute atomic E-state index is 13.4. The lowest BCUT2D eigenvalue weighted by Crippen LogP contribution is -2.27. The number of nitrogens with zero attached hydrogens (tertiary/aromatic N) is 2. The van der Waals surface area contributed by atoms with E-state index in [-0.39, 0.29) is 12.1 Å². The van der Waals surface area contributed by atoms with Gasteiger partial charge in [-0.2, -0.15) is 0 Å². The summed E-state index contributed by atoms with van der Waals surface area (Å²) in [5.41, 5.74) is 1.32. The van der Waals surface area contributed by atoms with Gasteiger partial charge < -0.3 is 10.3 Å². The van der Waals surface area contributed by atoms with Crippen molar-refractivity contribution in [2.75, 3.05) is 5.32 Å². The molecule has 0 atom stereocenters. The smallest absolute Gasteiger partial charge is 0.278 e. The molecule has 2 aromatic carbocycles. The Hall–Kier alpha value is -3.19. The number of anilines is 1. The first-order valence-corrected chi connectivity index (χ1v) is 8.11. The molecule has 0 fully saturated rings. The van der Waals surface area contributed by atoms with Crippen LogP contribution < -0.4 is 10.9 Å². The molecular formula is C18H12ClFN4O2. The van der Waals surface area contributed by atoms with Crippen molar-refractivity contribution < 1.29 is 9.18 Å². The fraction of sp³-hybridized carbons (Fsp3) is 0.0556. The van der Waals surface area contributed by atoms with Crippen LogP contribution >= 0.6 is 11.6 Å². The lowest BCUT2D eigenvalue weighted by molar-refractivity contribution is -0.116. The van der Waals surface area contributed by atoms with Gasteiger partial charge in [0.1, 0.15) is 23.4 Å². The van der Waals surface area contributed by atoms with E-state index in [1.807, 2.05) is 0 Å². The van der Waals surface area contributed by atoms with E-state index in [9.17, 15) is 14.0 Å². The number of nitrogens with one attached hydrogen (secondary N) is 2. The van der Waals surface area contributed by atoms with Gasteiger partial charge in [-0.05, 0) is 36.4 Å². The summed E-state index contributed by atoms with van der Waals surface area (Å²) in [5.74, 6) is -0.803. The van der Waals surface area contributed by atoms with Crippen LogP contribution in [0.15, 0.2) is 53.6 Å². The van der Waals surface area contributed by atoms with E-state index in [0.29, 0.717) is 27.1 Å². The maximum atomic E-state index is 13.4. The van der Waals surface area contributed by atoms with Crippen molar-refractivity contribution in [2.45, 2.75) is 6.54 Å². The number of aromatic nitrogens is 3. The number of carbonyl (C=O) groups is 1. The van der Waals surface area contributed by atoms with Crippen molar-refractivity contribution in [1.82, 2.24) is 14.5 Å². The molecule has 1 amide bonds. The predicted octanol–water partition coefficient (Wildman–Crippen LogP) is 3.31. The first kappa shape index (κ1) is 16.3. The molecule has 130 valence electrons. The second-order valence-electron chi connectivity index (χ2n) is 5.77. The van der Waals surface area contributed by atoms with Crippen LogP contribution in [0.3, 0.4) is 0 Å². The van der Waals surface area contributed by atoms with Crippen molar-refractivity contribution in [2.24, 2.45) is 0 Å². The molecule has 8 heteroatoms. The normalized spacial score (nSPS) is 11.2. The summed E-state index contributed by atoms with van der Waals surface area (Å²) in [4.78, 5) is 32.0. The third kappa shape index (κ3) is 2.93. The van der Waals surface area contributed by atoms with E-state index in [4.69, 9.17) is 11.6 Å². The van der Waals surface area contributed by atoms with Gasteiger partial charge in [-0.1, -0.05) is 17.7 Å². The molecule has 0 saturated heterocycles. The number of carbonyl (C=O) groups excluding carboxylic acids is 1. The van der Waals surface area contributed by atoms with Gasteiger partial charge in [0.25, 0.3) is 5.56 Å². The Balaban J connectivity index is 1.66. The molecule has 0 aliphatic carbocycles. The molecule has 0 bridgehead atoms. The SMILES string of the molecule is O=C(Cn1cnc2c([nH]c3ccc(F)cc32)c1=O)Nc1cccc(Cl)c1. The molecule has 0 spiro atoms. The van der Waals surface area contributed by atoms with Crippen LogP contribution in [-0.4, -0.2) is 20.4 Å². The number of hydrogen-bond acceptors (Lipinski definition) is 3. The molecule has 6 nitrogen and oxygen atoms in total. The number of fused-ring (bicyclic) bond motifs is 3. The molecule has 2 heterocycles. The first-order valence-electron chi connectivity index (χ1n) is 7.73. The zero-order valence-electron chi connectivity index (χ0n) is 13.3. The minimum atomic E-state index is -0.412. The molecule has 0 aliphatic rings. The summed E-state index contributed by atoms with van der Waals surface area (Å²) in [6, 6.07) is 10.9. The van der Waals surface area contributed by atoms with E-state index in [1.54, 1.807) is 30.3 Å². The van der Waals surface area contributed by atoms with E-state index in [1.165, 1.54) is 23.0 Å². The van der Waals surface area contributed by atoms with E-state index >= 15 is 0 Å². The first-order chi connectivity index (χ1) is 12.5. The average Bonchev–Trinajstić information content (AvgIpc) is 2.96. The highest BCUT2D eigenvalue weighted by atomic mass is 35.5. The van der Waals surface area contributed by atoms with Crippen LogP contribution in [0.5, 0.6) is 0 Å². The van der Waals surface area contributed by atoms with Crippen LogP contribution in [-0.2, 0) is 11.3 Å². The second kappa shape index (κ2) is 6.27. The minimum Gasteiger partial charge on any atom is -0.349 e. The molecule has 4 aromatic rings. The van der Waals surface area contributed by atoms with Crippen LogP contribution in [0, 0.1) is 5.82 Å². The quantitative estimate of drug-likeness (QED) is 0.580. The molecule has 0 aliphatic heterocycles. The molecule has 0 radical (unpaired) electrons. The third-order valence-electron chi connectivity index (χ3n) is 3.96. The number of hydrogen-bond donors (Lipinski definition) is 2. The Morgan fingerprint density at radius 1 is 1.27 bits per heavy atom. The van der Waals surface area contributed by atoms with E-state index in [0.717, 1.165) is 0 Å². The zero-order chi connectivity index (χ0) is 18.3. The lowest BCUT2D eigenvalue weighted by Gasteiger charge is -2.07. The second-order valence-corrected chi connectivity index (χ2v) is 6.21. The van der Waals surface area contributed by atoms with Crippen molar-refractivity contribution in [3.05, 3.63) is 70.0 Å². The summed E-state index contributed by atoms with van der Waals surface area (Å²) in [6.07, 6.45) is 1.28. The third-order valence-corrected chi connectivity index (χ3v) is 4.19. The van der Waals surface area contributed by atoms with Crippen molar-refractivity contribution >= 4 is 45.1 Å². The van der Waals surface area contributed by atoms with Crippen LogP contribution in [0.1, 0.15) is 0 Å². The number of halogens is 2. The molecular weight excluding hydrogens is 359 g/mol. The number of amides is 1. The Morgan fingerprint density at radius 3 is 2.92 bits per heavy atom. The van der Waals surface area contributed by atoms with Crippen LogP contribution in [0.25, 0.3) is 21.9 Å². The van der Waals surface area contributed by atoms with Gasteiger partial charge in [0.05, 0.1) is 6.33 Å². The predicted molar refractivity (Wildman–Crippen MR) is 97.9 cm³/mol. The largest absolute Gasteiger partial charge is 0.349 e. The van der Waals surface area contributed by atoms with Crippen molar-refractivity contribution in [3.8, 4) is 0 Å². The highest BCUT2D eigenvalue weighted by Gasteiger charge is 2.13. The highest BCUT2D eigenvalue weighted by molar-refractivity contribution is 6.30. The molecule has 0 saturated carbocycles. The van der Waals surface area contributed by atoms with Crippen LogP contribution in [0.2, 0.25) is 5.02 Å². The zero-order valence-corrected chi connectivity index (χ0v) is 14.0. The molecule has 2 aromatic heterocycles. The fourth-order valence-electron chi connectivity index (χ4n) is 2.80. The fourth-order valence-corrected chi connectivity index (χ4v) is 2.99. The summed E-state index contributed by atoms with van der Waals surface area (Å²) < 4.78 is 14.6. The van der Waals surface area contributed by atoms with Gasteiger partial charge in [-0.15, -0.1) is 0 Å². The highest BCUT2D eigenvalue weighted by Crippen LogP contribution is 2.22. The van der Waals surface area contributed by atoms with Crippen molar-refractivity contribution in [3.63, 3.8) is 0 Å². The topological polar surface area (TPSA) is 79.8 Å². The number of rotatable bonds is 3.